The van der Waals surface area contributed by atoms with Crippen molar-refractivity contribution in [3.63, 3.8) is 0 Å². The Kier molecular flexibility index (Phi) is 4.48. The molecule has 0 aliphatic carbocycles. The molecule has 0 saturated carbocycles. The Bertz CT molecular complexity index is 1190. The molecule has 0 bridgehead atoms. The third kappa shape index (κ3) is 3.35. The Hall–Kier alpha value is -3.02. The summed E-state index contributed by atoms with van der Waals surface area (Å²) >= 11 is 11.9. The van der Waals surface area contributed by atoms with Gasteiger partial charge < -0.3 is 14.7 Å². The fourth-order valence-electron chi connectivity index (χ4n) is 2.68. The minimum Gasteiger partial charge on any atom is -0.507 e. The molecule has 2 N–H and O–H groups in total. The lowest BCUT2D eigenvalue weighted by Gasteiger charge is -2.06. The maximum Gasteiger partial charge on any atom is 0.167 e. The van der Waals surface area contributed by atoms with Crippen molar-refractivity contribution in [2.24, 2.45) is 4.99 Å². The topological polar surface area (TPSA) is 78.9 Å². The molecule has 0 amide bonds. The summed E-state index contributed by atoms with van der Waals surface area (Å²) in [4.78, 5) is 4.30. The van der Waals surface area contributed by atoms with E-state index in [2.05, 4.69) is 10.1 Å². The second-order valence-electron chi connectivity index (χ2n) is 5.81. The van der Waals surface area contributed by atoms with Gasteiger partial charge in [-0.05, 0) is 36.4 Å². The van der Waals surface area contributed by atoms with Crippen molar-refractivity contribution in [2.45, 2.75) is 0 Å². The second kappa shape index (κ2) is 6.95. The minimum absolute atomic E-state index is 0.113. The smallest absolute Gasteiger partial charge is 0.167 e. The van der Waals surface area contributed by atoms with E-state index >= 15 is 0 Å². The maximum absolute atomic E-state index is 10.3. The number of aromatic nitrogens is 1. The third-order valence-corrected chi connectivity index (χ3v) is 4.77. The average Bonchev–Trinajstić information content (AvgIpc) is 3.08. The van der Waals surface area contributed by atoms with Gasteiger partial charge in [0.1, 0.15) is 17.2 Å². The average molecular weight is 399 g/mol. The minimum atomic E-state index is -0.118. The molecule has 5 nitrogen and oxygen atoms in total. The summed E-state index contributed by atoms with van der Waals surface area (Å²) in [7, 11) is 0. The molecule has 3 aromatic carbocycles. The summed E-state index contributed by atoms with van der Waals surface area (Å²) in [5, 5.41) is 26.1. The number of fused-ring (bicyclic) bond motifs is 1. The van der Waals surface area contributed by atoms with Crippen LogP contribution in [0.25, 0.3) is 22.2 Å². The molecule has 0 unspecified atom stereocenters. The van der Waals surface area contributed by atoms with Crippen molar-refractivity contribution in [2.75, 3.05) is 0 Å². The van der Waals surface area contributed by atoms with Crippen LogP contribution >= 0.6 is 23.2 Å². The normalized spacial score (nSPS) is 11.5. The maximum atomic E-state index is 10.3. The first kappa shape index (κ1) is 17.4. The van der Waals surface area contributed by atoms with Gasteiger partial charge in [0.05, 0.1) is 15.7 Å². The van der Waals surface area contributed by atoms with Crippen LogP contribution in [0.5, 0.6) is 11.5 Å². The molecule has 134 valence electrons. The Balaban J connectivity index is 1.77. The molecule has 0 spiro atoms. The van der Waals surface area contributed by atoms with Crippen LogP contribution in [0.4, 0.5) is 5.69 Å². The quantitative estimate of drug-likeness (QED) is 0.417. The Labute approximate surface area is 164 Å². The number of aliphatic imine (C=N–C) groups is 1. The van der Waals surface area contributed by atoms with E-state index in [4.69, 9.17) is 27.7 Å². The lowest BCUT2D eigenvalue weighted by atomic mass is 10.0. The first-order chi connectivity index (χ1) is 13.0. The number of hydrogen-bond acceptors (Lipinski definition) is 5. The van der Waals surface area contributed by atoms with E-state index < -0.39 is 0 Å². The fourth-order valence-corrected chi connectivity index (χ4v) is 2.97. The summed E-state index contributed by atoms with van der Waals surface area (Å²) in [5.41, 5.74) is 2.48. The van der Waals surface area contributed by atoms with Crippen LogP contribution in [-0.2, 0) is 0 Å². The van der Waals surface area contributed by atoms with Gasteiger partial charge in [-0.3, -0.25) is 4.99 Å². The van der Waals surface area contributed by atoms with Gasteiger partial charge in [0.15, 0.2) is 5.58 Å². The number of phenols is 2. The van der Waals surface area contributed by atoms with Gasteiger partial charge in [-0.25, -0.2) is 0 Å². The van der Waals surface area contributed by atoms with Gasteiger partial charge in [-0.2, -0.15) is 0 Å². The number of nitrogens with zero attached hydrogens (tertiary/aromatic N) is 2. The molecule has 0 saturated heterocycles. The highest BCUT2D eigenvalue weighted by molar-refractivity contribution is 6.42. The molecule has 0 aliphatic rings. The molecule has 1 aromatic heterocycles. The first-order valence-electron chi connectivity index (χ1n) is 7.93. The van der Waals surface area contributed by atoms with E-state index in [9.17, 15) is 10.2 Å². The highest BCUT2D eigenvalue weighted by Gasteiger charge is 2.16. The zero-order chi connectivity index (χ0) is 19.0. The molecule has 7 heteroatoms. The van der Waals surface area contributed by atoms with Crippen LogP contribution in [0.3, 0.4) is 0 Å². The highest BCUT2D eigenvalue weighted by atomic mass is 35.5. The molecule has 27 heavy (non-hydrogen) atoms. The Morgan fingerprint density at radius 3 is 2.56 bits per heavy atom. The Morgan fingerprint density at radius 1 is 0.926 bits per heavy atom. The van der Waals surface area contributed by atoms with E-state index in [1.807, 2.05) is 18.2 Å². The summed E-state index contributed by atoms with van der Waals surface area (Å²) in [6.07, 6.45) is 1.47. The lowest BCUT2D eigenvalue weighted by Crippen LogP contribution is -1.87. The monoisotopic (exact) mass is 398 g/mol. The number of halogens is 2. The van der Waals surface area contributed by atoms with E-state index in [1.165, 1.54) is 12.3 Å². The number of rotatable bonds is 3. The summed E-state index contributed by atoms with van der Waals surface area (Å²) in [6, 6.07) is 15.1. The third-order valence-electron chi connectivity index (χ3n) is 4.03. The van der Waals surface area contributed by atoms with Gasteiger partial charge in [-0.15, -0.1) is 0 Å². The van der Waals surface area contributed by atoms with Gasteiger partial charge in [0.2, 0.25) is 0 Å². The molecule has 0 radical (unpaired) electrons. The number of hydrogen-bond donors (Lipinski definition) is 2. The van der Waals surface area contributed by atoms with E-state index in [-0.39, 0.29) is 11.5 Å². The van der Waals surface area contributed by atoms with Crippen LogP contribution in [0.1, 0.15) is 5.56 Å². The lowest BCUT2D eigenvalue weighted by molar-refractivity contribution is 0.446. The van der Waals surface area contributed by atoms with Gasteiger partial charge >= 0.3 is 0 Å². The second-order valence-corrected chi connectivity index (χ2v) is 6.63. The molecule has 0 fully saturated rings. The highest BCUT2D eigenvalue weighted by Crippen LogP contribution is 2.37. The van der Waals surface area contributed by atoms with E-state index in [1.54, 1.807) is 30.3 Å². The van der Waals surface area contributed by atoms with Crippen LogP contribution in [-0.4, -0.2) is 21.6 Å². The molecule has 4 aromatic rings. The van der Waals surface area contributed by atoms with Gasteiger partial charge in [0, 0.05) is 28.8 Å². The van der Waals surface area contributed by atoms with Crippen molar-refractivity contribution in [1.82, 2.24) is 5.16 Å². The molecule has 0 aliphatic heterocycles. The van der Waals surface area contributed by atoms with Crippen LogP contribution in [0.2, 0.25) is 10.0 Å². The van der Waals surface area contributed by atoms with Crippen molar-refractivity contribution < 1.29 is 14.7 Å². The predicted molar refractivity (Wildman–Crippen MR) is 106 cm³/mol. The molecular weight excluding hydrogens is 387 g/mol. The summed E-state index contributed by atoms with van der Waals surface area (Å²) in [5.74, 6) is -0.230. The predicted octanol–water partition coefficient (Wildman–Crippen LogP) is 5.96. The van der Waals surface area contributed by atoms with Crippen molar-refractivity contribution in [1.29, 1.82) is 0 Å². The largest absolute Gasteiger partial charge is 0.507 e. The van der Waals surface area contributed by atoms with Crippen molar-refractivity contribution >= 4 is 46.1 Å². The first-order valence-corrected chi connectivity index (χ1v) is 8.68. The standard InChI is InChI=1S/C20H12Cl2N2O3/c21-15-6-5-12(8-16(15)22)23-10-11-7-14(18(26)9-17(11)25)20-13-3-1-2-4-19(13)27-24-20/h1-10,25-26H/b23-10+. The van der Waals surface area contributed by atoms with Gasteiger partial charge in [-0.1, -0.05) is 40.5 Å². The Morgan fingerprint density at radius 2 is 1.74 bits per heavy atom. The molecule has 4 rings (SSSR count). The summed E-state index contributed by atoms with van der Waals surface area (Å²) in [6.45, 7) is 0. The zero-order valence-electron chi connectivity index (χ0n) is 13.7. The number of aromatic hydroxyl groups is 2. The fraction of sp³-hybridized carbons (Fsp3) is 0. The molecule has 0 atom stereocenters. The number of benzene rings is 3. The molecular formula is C20H12Cl2N2O3. The zero-order valence-corrected chi connectivity index (χ0v) is 15.2. The van der Waals surface area contributed by atoms with E-state index in [0.29, 0.717) is 38.1 Å². The van der Waals surface area contributed by atoms with E-state index in [0.717, 1.165) is 5.39 Å². The number of phenolic OH excluding ortho intramolecular Hbond substituents is 2. The van der Waals surface area contributed by atoms with Crippen molar-refractivity contribution in [3.8, 4) is 22.8 Å². The number of para-hydroxylation sites is 1. The van der Waals surface area contributed by atoms with Crippen LogP contribution in [0.15, 0.2) is 64.1 Å². The summed E-state index contributed by atoms with van der Waals surface area (Å²) < 4.78 is 5.30. The van der Waals surface area contributed by atoms with Crippen molar-refractivity contribution in [3.05, 3.63) is 70.2 Å². The van der Waals surface area contributed by atoms with Gasteiger partial charge in [0.25, 0.3) is 0 Å². The molecule has 1 heterocycles. The van der Waals surface area contributed by atoms with Crippen LogP contribution < -0.4 is 0 Å². The van der Waals surface area contributed by atoms with Crippen LogP contribution in [0, 0.1) is 0 Å². The SMILES string of the molecule is Oc1cc(O)c(-c2noc3ccccc23)cc1/C=N/c1ccc(Cl)c(Cl)c1.